The van der Waals surface area contributed by atoms with Crippen molar-refractivity contribution >= 4 is 18.3 Å². The standard InChI is InChI=1S/C12H24N2O2.ClH/c1-12(2,9-13)11(15)14-6-4-10(5-7-14)8-16-3;/h10H,4-9,13H2,1-3H3;1H. The van der Waals surface area contributed by atoms with Crippen molar-refractivity contribution in [2.45, 2.75) is 26.7 Å². The van der Waals surface area contributed by atoms with Gasteiger partial charge in [0.25, 0.3) is 0 Å². The summed E-state index contributed by atoms with van der Waals surface area (Å²) in [4.78, 5) is 14.1. The van der Waals surface area contributed by atoms with Crippen LogP contribution >= 0.6 is 12.4 Å². The van der Waals surface area contributed by atoms with E-state index in [1.807, 2.05) is 18.7 Å². The van der Waals surface area contributed by atoms with Crippen molar-refractivity contribution in [2.75, 3.05) is 33.4 Å². The van der Waals surface area contributed by atoms with Crippen molar-refractivity contribution in [3.8, 4) is 0 Å². The number of hydrogen-bond donors (Lipinski definition) is 1. The second-order valence-corrected chi connectivity index (χ2v) is 5.28. The van der Waals surface area contributed by atoms with Crippen LogP contribution in [0.15, 0.2) is 0 Å². The first-order valence-electron chi connectivity index (χ1n) is 5.99. The average molecular weight is 265 g/mol. The molecule has 0 aromatic carbocycles. The zero-order valence-electron chi connectivity index (χ0n) is 11.1. The summed E-state index contributed by atoms with van der Waals surface area (Å²) in [7, 11) is 1.73. The lowest BCUT2D eigenvalue weighted by molar-refractivity contribution is -0.141. The zero-order valence-corrected chi connectivity index (χ0v) is 11.9. The second kappa shape index (κ2) is 7.19. The maximum absolute atomic E-state index is 12.1. The molecular formula is C12H25ClN2O2. The molecule has 0 aromatic rings. The normalized spacial score (nSPS) is 17.8. The Morgan fingerprint density at radius 3 is 2.35 bits per heavy atom. The number of nitrogens with two attached hydrogens (primary N) is 1. The zero-order chi connectivity index (χ0) is 12.2. The number of rotatable bonds is 4. The first-order chi connectivity index (χ1) is 7.51. The first-order valence-corrected chi connectivity index (χ1v) is 5.99. The number of amides is 1. The molecule has 0 radical (unpaired) electrons. The van der Waals surface area contributed by atoms with Gasteiger partial charge in [0.1, 0.15) is 0 Å². The highest BCUT2D eigenvalue weighted by atomic mass is 35.5. The molecule has 0 unspecified atom stereocenters. The fourth-order valence-corrected chi connectivity index (χ4v) is 2.05. The molecule has 1 rings (SSSR count). The van der Waals surface area contributed by atoms with Crippen LogP contribution in [0.3, 0.4) is 0 Å². The van der Waals surface area contributed by atoms with Crippen molar-refractivity contribution in [1.82, 2.24) is 4.90 Å². The van der Waals surface area contributed by atoms with Gasteiger partial charge >= 0.3 is 0 Å². The minimum absolute atomic E-state index is 0. The van der Waals surface area contributed by atoms with Crippen LogP contribution in [0.25, 0.3) is 0 Å². The molecule has 17 heavy (non-hydrogen) atoms. The third-order valence-corrected chi connectivity index (χ3v) is 3.39. The van der Waals surface area contributed by atoms with E-state index < -0.39 is 5.41 Å². The number of likely N-dealkylation sites (tertiary alicyclic amines) is 1. The van der Waals surface area contributed by atoms with E-state index in [2.05, 4.69) is 0 Å². The summed E-state index contributed by atoms with van der Waals surface area (Å²) in [5.41, 5.74) is 5.20. The minimum Gasteiger partial charge on any atom is -0.384 e. The Bertz CT molecular complexity index is 239. The number of hydrogen-bond acceptors (Lipinski definition) is 3. The summed E-state index contributed by atoms with van der Waals surface area (Å²) >= 11 is 0. The van der Waals surface area contributed by atoms with E-state index in [9.17, 15) is 4.79 Å². The molecule has 0 atom stereocenters. The van der Waals surface area contributed by atoms with Gasteiger partial charge in [-0.3, -0.25) is 4.79 Å². The van der Waals surface area contributed by atoms with Gasteiger partial charge in [-0.1, -0.05) is 0 Å². The van der Waals surface area contributed by atoms with Gasteiger partial charge in [-0.05, 0) is 32.6 Å². The van der Waals surface area contributed by atoms with E-state index in [4.69, 9.17) is 10.5 Å². The van der Waals surface area contributed by atoms with E-state index >= 15 is 0 Å². The topological polar surface area (TPSA) is 55.6 Å². The summed E-state index contributed by atoms with van der Waals surface area (Å²) in [6.45, 7) is 6.73. The Balaban J connectivity index is 0.00000256. The Morgan fingerprint density at radius 1 is 1.41 bits per heavy atom. The van der Waals surface area contributed by atoms with Gasteiger partial charge in [0.2, 0.25) is 5.91 Å². The van der Waals surface area contributed by atoms with Crippen LogP contribution in [-0.4, -0.2) is 44.2 Å². The van der Waals surface area contributed by atoms with Crippen molar-refractivity contribution in [3.05, 3.63) is 0 Å². The van der Waals surface area contributed by atoms with E-state index in [0.717, 1.165) is 32.5 Å². The smallest absolute Gasteiger partial charge is 0.229 e. The van der Waals surface area contributed by atoms with E-state index in [1.54, 1.807) is 7.11 Å². The maximum atomic E-state index is 12.1. The van der Waals surface area contributed by atoms with Crippen LogP contribution in [-0.2, 0) is 9.53 Å². The number of nitrogens with zero attached hydrogens (tertiary/aromatic N) is 1. The minimum atomic E-state index is -0.423. The van der Waals surface area contributed by atoms with Crippen LogP contribution in [0.4, 0.5) is 0 Å². The van der Waals surface area contributed by atoms with Crippen LogP contribution in [0, 0.1) is 11.3 Å². The number of methoxy groups -OCH3 is 1. The third kappa shape index (κ3) is 4.45. The fraction of sp³-hybridized carbons (Fsp3) is 0.917. The fourth-order valence-electron chi connectivity index (χ4n) is 2.05. The number of halogens is 1. The Morgan fingerprint density at radius 2 is 1.94 bits per heavy atom. The van der Waals surface area contributed by atoms with Gasteiger partial charge < -0.3 is 15.4 Å². The van der Waals surface area contributed by atoms with Gasteiger partial charge in [-0.2, -0.15) is 0 Å². The molecule has 1 aliphatic heterocycles. The van der Waals surface area contributed by atoms with Gasteiger partial charge in [0, 0.05) is 33.4 Å². The largest absolute Gasteiger partial charge is 0.384 e. The Labute approximate surface area is 110 Å². The van der Waals surface area contributed by atoms with Gasteiger partial charge in [0.15, 0.2) is 0 Å². The molecule has 0 aliphatic carbocycles. The molecule has 0 spiro atoms. The number of ether oxygens (including phenoxy) is 1. The van der Waals surface area contributed by atoms with E-state index in [0.29, 0.717) is 12.5 Å². The number of piperidine rings is 1. The molecule has 102 valence electrons. The van der Waals surface area contributed by atoms with Gasteiger partial charge in [0.05, 0.1) is 5.41 Å². The molecule has 1 amide bonds. The summed E-state index contributed by atoms with van der Waals surface area (Å²) in [6.07, 6.45) is 2.08. The molecule has 1 heterocycles. The van der Waals surface area contributed by atoms with Crippen molar-refractivity contribution in [1.29, 1.82) is 0 Å². The lowest BCUT2D eigenvalue weighted by Gasteiger charge is -2.36. The molecule has 0 saturated carbocycles. The molecular weight excluding hydrogens is 240 g/mol. The highest BCUT2D eigenvalue weighted by molar-refractivity contribution is 5.85. The van der Waals surface area contributed by atoms with Crippen molar-refractivity contribution < 1.29 is 9.53 Å². The molecule has 2 N–H and O–H groups in total. The predicted molar refractivity (Wildman–Crippen MR) is 71.3 cm³/mol. The number of carbonyl (C=O) groups excluding carboxylic acids is 1. The van der Waals surface area contributed by atoms with Crippen LogP contribution in [0.2, 0.25) is 0 Å². The van der Waals surface area contributed by atoms with Crippen molar-refractivity contribution in [3.63, 3.8) is 0 Å². The molecule has 0 bridgehead atoms. The molecule has 1 aliphatic rings. The monoisotopic (exact) mass is 264 g/mol. The van der Waals surface area contributed by atoms with Crippen molar-refractivity contribution in [2.24, 2.45) is 17.1 Å². The Kier molecular flexibility index (Phi) is 7.05. The molecule has 4 nitrogen and oxygen atoms in total. The SMILES string of the molecule is COCC1CCN(C(=O)C(C)(C)CN)CC1.Cl. The second-order valence-electron chi connectivity index (χ2n) is 5.28. The predicted octanol–water partition coefficient (Wildman–Crippen LogP) is 1.28. The maximum Gasteiger partial charge on any atom is 0.229 e. The van der Waals surface area contributed by atoms with E-state index in [-0.39, 0.29) is 18.3 Å². The Hall–Kier alpha value is -0.320. The quantitative estimate of drug-likeness (QED) is 0.832. The van der Waals surface area contributed by atoms with Crippen LogP contribution in [0.1, 0.15) is 26.7 Å². The highest BCUT2D eigenvalue weighted by Crippen LogP contribution is 2.23. The van der Waals surface area contributed by atoms with Crippen LogP contribution in [0.5, 0.6) is 0 Å². The van der Waals surface area contributed by atoms with E-state index in [1.165, 1.54) is 0 Å². The average Bonchev–Trinajstić information content (AvgIpc) is 2.29. The summed E-state index contributed by atoms with van der Waals surface area (Å²) in [5.74, 6) is 0.793. The first kappa shape index (κ1) is 16.7. The van der Waals surface area contributed by atoms with Gasteiger partial charge in [-0.25, -0.2) is 0 Å². The summed E-state index contributed by atoms with van der Waals surface area (Å²) in [5, 5.41) is 0. The summed E-state index contributed by atoms with van der Waals surface area (Å²) < 4.78 is 5.14. The summed E-state index contributed by atoms with van der Waals surface area (Å²) in [6, 6.07) is 0. The van der Waals surface area contributed by atoms with Gasteiger partial charge in [-0.15, -0.1) is 12.4 Å². The highest BCUT2D eigenvalue weighted by Gasteiger charge is 2.32. The lowest BCUT2D eigenvalue weighted by atomic mass is 9.89. The molecule has 0 aromatic heterocycles. The molecule has 5 heteroatoms. The molecule has 1 saturated heterocycles. The lowest BCUT2D eigenvalue weighted by Crippen LogP contribution is -2.48. The van der Waals surface area contributed by atoms with Crippen LogP contribution < -0.4 is 5.73 Å². The molecule has 1 fully saturated rings. The number of carbonyl (C=O) groups is 1. The third-order valence-electron chi connectivity index (χ3n) is 3.39.